The first-order valence-electron chi connectivity index (χ1n) is 4.90. The van der Waals surface area contributed by atoms with Gasteiger partial charge in [-0.3, -0.25) is 0 Å². The van der Waals surface area contributed by atoms with Gasteiger partial charge < -0.3 is 9.87 Å². The fraction of sp³-hybridized carbons (Fsp3) is 0.455. The molecular formula is C11H17NO2S. The Bertz CT molecular complexity index is 354. The Morgan fingerprint density at radius 1 is 1.33 bits per heavy atom. The molecule has 0 heterocycles. The number of benzene rings is 1. The second-order valence-electron chi connectivity index (χ2n) is 3.61. The zero-order chi connectivity index (χ0) is 11.4. The summed E-state index contributed by atoms with van der Waals surface area (Å²) < 4.78 is 19.4. The molecule has 15 heavy (non-hydrogen) atoms. The van der Waals surface area contributed by atoms with Crippen LogP contribution in [-0.4, -0.2) is 21.6 Å². The highest BCUT2D eigenvalue weighted by Crippen LogP contribution is 2.20. The van der Waals surface area contributed by atoms with E-state index in [0.717, 1.165) is 5.69 Å². The van der Waals surface area contributed by atoms with Crippen LogP contribution in [0.2, 0.25) is 0 Å². The standard InChI is InChI=1S/C11H17NO2S/c1-8-6-10(12-3)7-9(2)11(8)4-5-15(13)14/h6-7,12H,4-5H2,1-3H3,(H,13,14). The monoisotopic (exact) mass is 227 g/mol. The minimum Gasteiger partial charge on any atom is -0.388 e. The van der Waals surface area contributed by atoms with E-state index >= 15 is 0 Å². The van der Waals surface area contributed by atoms with Crippen molar-refractivity contribution in [1.82, 2.24) is 0 Å². The van der Waals surface area contributed by atoms with Crippen LogP contribution in [0.5, 0.6) is 0 Å². The lowest BCUT2D eigenvalue weighted by atomic mass is 10.00. The summed E-state index contributed by atoms with van der Waals surface area (Å²) in [5.74, 6) is 0.306. The Hall–Kier alpha value is -0.870. The van der Waals surface area contributed by atoms with Gasteiger partial charge >= 0.3 is 0 Å². The SMILES string of the molecule is CNc1cc(C)c(CCS(=O)O)c(C)c1. The average molecular weight is 227 g/mol. The fourth-order valence-corrected chi connectivity index (χ4v) is 2.10. The molecule has 3 nitrogen and oxygen atoms in total. The molecular weight excluding hydrogens is 210 g/mol. The summed E-state index contributed by atoms with van der Waals surface area (Å²) in [6.07, 6.45) is 0.658. The summed E-state index contributed by atoms with van der Waals surface area (Å²) in [7, 11) is 1.89. The molecule has 0 aliphatic heterocycles. The summed E-state index contributed by atoms with van der Waals surface area (Å²) >= 11 is -1.71. The number of anilines is 1. The Kier molecular flexibility index (Phi) is 4.29. The molecule has 1 atom stereocenters. The van der Waals surface area contributed by atoms with Crippen LogP contribution in [0, 0.1) is 13.8 Å². The third-order valence-electron chi connectivity index (χ3n) is 2.51. The Morgan fingerprint density at radius 3 is 2.27 bits per heavy atom. The van der Waals surface area contributed by atoms with Crippen LogP contribution in [0.15, 0.2) is 12.1 Å². The predicted molar refractivity (Wildman–Crippen MR) is 64.8 cm³/mol. The zero-order valence-electron chi connectivity index (χ0n) is 9.33. The third-order valence-corrected chi connectivity index (χ3v) is 3.06. The molecule has 0 saturated heterocycles. The smallest absolute Gasteiger partial charge is 0.153 e. The van der Waals surface area contributed by atoms with Gasteiger partial charge in [-0.05, 0) is 49.1 Å². The maximum Gasteiger partial charge on any atom is 0.153 e. The summed E-state index contributed by atoms with van der Waals surface area (Å²) in [4.78, 5) is 0. The van der Waals surface area contributed by atoms with E-state index in [9.17, 15) is 4.21 Å². The molecule has 0 amide bonds. The van der Waals surface area contributed by atoms with Crippen molar-refractivity contribution in [3.63, 3.8) is 0 Å². The number of aryl methyl sites for hydroxylation is 2. The van der Waals surface area contributed by atoms with Crippen LogP contribution >= 0.6 is 0 Å². The first kappa shape index (κ1) is 12.2. The molecule has 4 heteroatoms. The van der Waals surface area contributed by atoms with Gasteiger partial charge in [-0.1, -0.05) is 0 Å². The van der Waals surface area contributed by atoms with E-state index in [1.165, 1.54) is 16.7 Å². The van der Waals surface area contributed by atoms with Gasteiger partial charge in [-0.25, -0.2) is 4.21 Å². The van der Waals surface area contributed by atoms with Crippen LogP contribution in [0.3, 0.4) is 0 Å². The fourth-order valence-electron chi connectivity index (χ4n) is 1.72. The van der Waals surface area contributed by atoms with Crippen molar-refractivity contribution < 1.29 is 8.76 Å². The second-order valence-corrected chi connectivity index (χ2v) is 4.67. The second kappa shape index (κ2) is 5.28. The minimum absolute atomic E-state index is 0.306. The molecule has 0 aromatic heterocycles. The molecule has 84 valence electrons. The highest BCUT2D eigenvalue weighted by molar-refractivity contribution is 7.79. The topological polar surface area (TPSA) is 49.3 Å². The highest BCUT2D eigenvalue weighted by Gasteiger charge is 2.05. The van der Waals surface area contributed by atoms with Crippen LogP contribution in [0.1, 0.15) is 16.7 Å². The zero-order valence-corrected chi connectivity index (χ0v) is 10.1. The molecule has 0 spiro atoms. The van der Waals surface area contributed by atoms with E-state index in [1.54, 1.807) is 0 Å². The maximum absolute atomic E-state index is 10.6. The third kappa shape index (κ3) is 3.32. The van der Waals surface area contributed by atoms with Gasteiger partial charge in [0.15, 0.2) is 11.1 Å². The molecule has 0 bridgehead atoms. The molecule has 2 N–H and O–H groups in total. The largest absolute Gasteiger partial charge is 0.388 e. The molecule has 0 saturated carbocycles. The van der Waals surface area contributed by atoms with Crippen molar-refractivity contribution in [3.05, 3.63) is 28.8 Å². The predicted octanol–water partition coefficient (Wildman–Crippen LogP) is 2.11. The van der Waals surface area contributed by atoms with Gasteiger partial charge in [-0.2, -0.15) is 0 Å². The summed E-state index contributed by atoms with van der Waals surface area (Å²) in [5, 5.41) is 3.09. The van der Waals surface area contributed by atoms with Gasteiger partial charge in [0.2, 0.25) is 0 Å². The van der Waals surface area contributed by atoms with Crippen molar-refractivity contribution in [1.29, 1.82) is 0 Å². The number of nitrogens with one attached hydrogen (secondary N) is 1. The van der Waals surface area contributed by atoms with E-state index in [2.05, 4.69) is 17.4 Å². The van der Waals surface area contributed by atoms with Crippen LogP contribution in [0.25, 0.3) is 0 Å². The van der Waals surface area contributed by atoms with Crippen molar-refractivity contribution in [2.24, 2.45) is 0 Å². The van der Waals surface area contributed by atoms with E-state index in [0.29, 0.717) is 12.2 Å². The Labute approximate surface area is 93.2 Å². The van der Waals surface area contributed by atoms with Crippen molar-refractivity contribution in [2.45, 2.75) is 20.3 Å². The number of rotatable bonds is 4. The Balaban J connectivity index is 2.92. The quantitative estimate of drug-likeness (QED) is 0.775. The minimum atomic E-state index is -1.71. The molecule has 0 radical (unpaired) electrons. The number of hydrogen-bond donors (Lipinski definition) is 2. The highest BCUT2D eigenvalue weighted by atomic mass is 32.2. The van der Waals surface area contributed by atoms with E-state index in [1.807, 2.05) is 20.9 Å². The van der Waals surface area contributed by atoms with E-state index < -0.39 is 11.1 Å². The van der Waals surface area contributed by atoms with Gasteiger partial charge in [-0.15, -0.1) is 0 Å². The summed E-state index contributed by atoms with van der Waals surface area (Å²) in [6.45, 7) is 4.06. The molecule has 0 fully saturated rings. The lowest BCUT2D eigenvalue weighted by Gasteiger charge is -2.11. The lowest BCUT2D eigenvalue weighted by Crippen LogP contribution is -2.03. The first-order valence-corrected chi connectivity index (χ1v) is 6.17. The van der Waals surface area contributed by atoms with E-state index in [-0.39, 0.29) is 0 Å². The van der Waals surface area contributed by atoms with Crippen LogP contribution in [0.4, 0.5) is 5.69 Å². The maximum atomic E-state index is 10.6. The number of hydrogen-bond acceptors (Lipinski definition) is 2. The van der Waals surface area contributed by atoms with Crippen molar-refractivity contribution >= 4 is 16.8 Å². The summed E-state index contributed by atoms with van der Waals surface area (Å²) in [6, 6.07) is 4.12. The van der Waals surface area contributed by atoms with Crippen LogP contribution < -0.4 is 5.32 Å². The van der Waals surface area contributed by atoms with Crippen LogP contribution in [-0.2, 0) is 17.5 Å². The molecule has 1 aromatic carbocycles. The molecule has 1 rings (SSSR count). The molecule has 0 aliphatic rings. The van der Waals surface area contributed by atoms with Crippen molar-refractivity contribution in [3.8, 4) is 0 Å². The summed E-state index contributed by atoms with van der Waals surface area (Å²) in [5.41, 5.74) is 4.60. The van der Waals surface area contributed by atoms with Gasteiger partial charge in [0.25, 0.3) is 0 Å². The lowest BCUT2D eigenvalue weighted by molar-refractivity contribution is 0.563. The van der Waals surface area contributed by atoms with Gasteiger partial charge in [0.05, 0.1) is 5.75 Å². The Morgan fingerprint density at radius 2 is 1.87 bits per heavy atom. The average Bonchev–Trinajstić information content (AvgIpc) is 2.15. The molecule has 1 unspecified atom stereocenters. The van der Waals surface area contributed by atoms with E-state index in [4.69, 9.17) is 4.55 Å². The van der Waals surface area contributed by atoms with Crippen molar-refractivity contribution in [2.75, 3.05) is 18.1 Å². The first-order chi connectivity index (χ1) is 7.04. The van der Waals surface area contributed by atoms with Gasteiger partial charge in [0, 0.05) is 12.7 Å². The van der Waals surface area contributed by atoms with Gasteiger partial charge in [0.1, 0.15) is 0 Å². The molecule has 0 aliphatic carbocycles. The molecule has 1 aromatic rings. The normalized spacial score (nSPS) is 12.5.